The van der Waals surface area contributed by atoms with Crippen molar-refractivity contribution < 1.29 is 10.2 Å². The van der Waals surface area contributed by atoms with Gasteiger partial charge in [-0.05, 0) is 12.8 Å². The number of aliphatic hydroxyl groups is 2. The Bertz CT molecular complexity index is 111. The van der Waals surface area contributed by atoms with Crippen LogP contribution in [0.25, 0.3) is 0 Å². The van der Waals surface area contributed by atoms with Crippen LogP contribution in [0.4, 0.5) is 0 Å². The number of rotatable bonds is 9. The monoisotopic (exact) mass is 202 g/mol. The molecule has 0 fully saturated rings. The van der Waals surface area contributed by atoms with Gasteiger partial charge in [-0.3, -0.25) is 0 Å². The van der Waals surface area contributed by atoms with E-state index in [2.05, 4.69) is 6.92 Å². The second kappa shape index (κ2) is 9.47. The predicted molar refractivity (Wildman–Crippen MR) is 60.2 cm³/mol. The molecule has 2 heteroatoms. The Morgan fingerprint density at radius 1 is 1.00 bits per heavy atom. The molecule has 0 saturated heterocycles. The van der Waals surface area contributed by atoms with Crippen molar-refractivity contribution in [2.75, 3.05) is 6.61 Å². The van der Waals surface area contributed by atoms with Gasteiger partial charge in [0.15, 0.2) is 0 Å². The number of aliphatic hydroxyl groups excluding tert-OH is 2. The molecule has 2 N–H and O–H groups in total. The van der Waals surface area contributed by atoms with Crippen LogP contribution in [0.5, 0.6) is 0 Å². The van der Waals surface area contributed by atoms with E-state index in [0.717, 1.165) is 19.3 Å². The van der Waals surface area contributed by atoms with E-state index in [1.54, 1.807) is 0 Å². The quantitative estimate of drug-likeness (QED) is 0.564. The van der Waals surface area contributed by atoms with Gasteiger partial charge >= 0.3 is 0 Å². The van der Waals surface area contributed by atoms with E-state index < -0.39 is 0 Å². The molecule has 0 aromatic carbocycles. The van der Waals surface area contributed by atoms with Crippen LogP contribution in [0.2, 0.25) is 0 Å². The Balaban J connectivity index is 3.37. The highest BCUT2D eigenvalue weighted by Crippen LogP contribution is 2.15. The normalized spacial score (nSPS) is 15.4. The van der Waals surface area contributed by atoms with E-state index in [0.29, 0.717) is 0 Å². The van der Waals surface area contributed by atoms with Gasteiger partial charge in [-0.2, -0.15) is 0 Å². The first-order valence-electron chi connectivity index (χ1n) is 6.05. The zero-order valence-corrected chi connectivity index (χ0v) is 9.71. The lowest BCUT2D eigenvalue weighted by molar-refractivity contribution is 0.0569. The fourth-order valence-electron chi connectivity index (χ4n) is 1.72. The van der Waals surface area contributed by atoms with Gasteiger partial charge in [-0.1, -0.05) is 46.0 Å². The van der Waals surface area contributed by atoms with Gasteiger partial charge < -0.3 is 10.2 Å². The molecule has 2 nitrogen and oxygen atoms in total. The molecule has 0 aromatic rings. The molecule has 14 heavy (non-hydrogen) atoms. The molecular formula is C12H26O2. The van der Waals surface area contributed by atoms with E-state index in [4.69, 9.17) is 5.11 Å². The third-order valence-corrected chi connectivity index (χ3v) is 2.91. The molecule has 0 radical (unpaired) electrons. The highest BCUT2D eigenvalue weighted by Gasteiger charge is 2.15. The minimum Gasteiger partial charge on any atom is -0.396 e. The van der Waals surface area contributed by atoms with Crippen molar-refractivity contribution in [3.8, 4) is 0 Å². The summed E-state index contributed by atoms with van der Waals surface area (Å²) in [4.78, 5) is 0. The van der Waals surface area contributed by atoms with Crippen molar-refractivity contribution in [3.05, 3.63) is 0 Å². The van der Waals surface area contributed by atoms with Crippen molar-refractivity contribution in [2.45, 2.75) is 64.9 Å². The largest absolute Gasteiger partial charge is 0.396 e. The molecule has 0 aromatic heterocycles. The Hall–Kier alpha value is -0.0800. The summed E-state index contributed by atoms with van der Waals surface area (Å²) in [6, 6.07) is 0. The molecule has 0 spiro atoms. The second-order valence-electron chi connectivity index (χ2n) is 4.12. The minimum atomic E-state index is -0.299. The van der Waals surface area contributed by atoms with Gasteiger partial charge in [0.25, 0.3) is 0 Å². The van der Waals surface area contributed by atoms with E-state index in [9.17, 15) is 5.11 Å². The zero-order chi connectivity index (χ0) is 10.8. The van der Waals surface area contributed by atoms with Crippen molar-refractivity contribution in [1.82, 2.24) is 0 Å². The maximum Gasteiger partial charge on any atom is 0.0590 e. The van der Waals surface area contributed by atoms with Gasteiger partial charge in [-0.25, -0.2) is 0 Å². The van der Waals surface area contributed by atoms with Crippen LogP contribution < -0.4 is 0 Å². The third kappa shape index (κ3) is 6.39. The Kier molecular flexibility index (Phi) is 9.42. The van der Waals surface area contributed by atoms with Crippen LogP contribution in [0.1, 0.15) is 58.8 Å². The van der Waals surface area contributed by atoms with Crippen molar-refractivity contribution in [2.24, 2.45) is 5.92 Å². The molecule has 0 saturated carbocycles. The molecule has 0 rings (SSSR count). The average molecular weight is 202 g/mol. The Labute approximate surface area is 88.3 Å². The van der Waals surface area contributed by atoms with Gasteiger partial charge in [0, 0.05) is 12.5 Å². The van der Waals surface area contributed by atoms with Crippen LogP contribution in [0.15, 0.2) is 0 Å². The summed E-state index contributed by atoms with van der Waals surface area (Å²) in [6.07, 6.45) is 7.56. The Morgan fingerprint density at radius 2 is 1.64 bits per heavy atom. The topological polar surface area (TPSA) is 40.5 Å². The third-order valence-electron chi connectivity index (χ3n) is 2.91. The Morgan fingerprint density at radius 3 is 2.14 bits per heavy atom. The van der Waals surface area contributed by atoms with Crippen LogP contribution in [-0.2, 0) is 0 Å². The summed E-state index contributed by atoms with van der Waals surface area (Å²) >= 11 is 0. The minimum absolute atomic E-state index is 0.0844. The molecule has 2 atom stereocenters. The van der Waals surface area contributed by atoms with E-state index in [1.165, 1.54) is 25.7 Å². The van der Waals surface area contributed by atoms with E-state index in [1.807, 2.05) is 6.92 Å². The molecule has 0 aliphatic rings. The molecule has 0 unspecified atom stereocenters. The van der Waals surface area contributed by atoms with Crippen molar-refractivity contribution in [1.29, 1.82) is 0 Å². The van der Waals surface area contributed by atoms with Gasteiger partial charge in [0.2, 0.25) is 0 Å². The van der Waals surface area contributed by atoms with Crippen LogP contribution in [0, 0.1) is 5.92 Å². The predicted octanol–water partition coefficient (Wildman–Crippen LogP) is 2.73. The first-order valence-corrected chi connectivity index (χ1v) is 6.05. The van der Waals surface area contributed by atoms with Crippen LogP contribution in [0.3, 0.4) is 0 Å². The van der Waals surface area contributed by atoms with Gasteiger partial charge in [-0.15, -0.1) is 0 Å². The summed E-state index contributed by atoms with van der Waals surface area (Å²) < 4.78 is 0. The fourth-order valence-corrected chi connectivity index (χ4v) is 1.72. The van der Waals surface area contributed by atoms with Gasteiger partial charge in [0.05, 0.1) is 6.10 Å². The SMILES string of the molecule is CCCCCCC[C@H](O)[C@@H](CC)CO. The maximum atomic E-state index is 9.71. The highest BCUT2D eigenvalue weighted by atomic mass is 16.3. The lowest BCUT2D eigenvalue weighted by Crippen LogP contribution is -2.22. The van der Waals surface area contributed by atoms with Gasteiger partial charge in [0.1, 0.15) is 0 Å². The summed E-state index contributed by atoms with van der Waals surface area (Å²) in [5.74, 6) is 0.0844. The first-order chi connectivity index (χ1) is 6.76. The van der Waals surface area contributed by atoms with Crippen molar-refractivity contribution in [3.63, 3.8) is 0 Å². The molecular weight excluding hydrogens is 176 g/mol. The van der Waals surface area contributed by atoms with Crippen molar-refractivity contribution >= 4 is 0 Å². The van der Waals surface area contributed by atoms with E-state index >= 15 is 0 Å². The molecule has 0 heterocycles. The second-order valence-corrected chi connectivity index (χ2v) is 4.12. The lowest BCUT2D eigenvalue weighted by Gasteiger charge is -2.18. The fraction of sp³-hybridized carbons (Fsp3) is 1.00. The summed E-state index contributed by atoms with van der Waals surface area (Å²) in [7, 11) is 0. The average Bonchev–Trinajstić information content (AvgIpc) is 2.19. The van der Waals surface area contributed by atoms with E-state index in [-0.39, 0.29) is 18.6 Å². The number of hydrogen-bond acceptors (Lipinski definition) is 2. The van der Waals surface area contributed by atoms with Crippen LogP contribution >= 0.6 is 0 Å². The standard InChI is InChI=1S/C12H26O2/c1-3-5-6-7-8-9-12(14)11(4-2)10-13/h11-14H,3-10H2,1-2H3/t11-,12-/m0/s1. The van der Waals surface area contributed by atoms with Crippen LogP contribution in [-0.4, -0.2) is 22.9 Å². The molecule has 0 aliphatic carbocycles. The molecule has 0 amide bonds. The summed E-state index contributed by atoms with van der Waals surface area (Å²) in [5.41, 5.74) is 0. The summed E-state index contributed by atoms with van der Waals surface area (Å²) in [5, 5.41) is 18.7. The molecule has 0 bridgehead atoms. The first kappa shape index (κ1) is 13.9. The smallest absolute Gasteiger partial charge is 0.0590 e. The maximum absolute atomic E-state index is 9.71. The molecule has 0 aliphatic heterocycles. The molecule has 86 valence electrons. The highest BCUT2D eigenvalue weighted by molar-refractivity contribution is 4.66. The summed E-state index contributed by atoms with van der Waals surface area (Å²) in [6.45, 7) is 4.33. The number of unbranched alkanes of at least 4 members (excludes halogenated alkanes) is 4. The zero-order valence-electron chi connectivity index (χ0n) is 9.71. The lowest BCUT2D eigenvalue weighted by atomic mass is 9.95. The number of hydrogen-bond donors (Lipinski definition) is 2.